The Balaban J connectivity index is 2.80. The normalized spacial score (nSPS) is 9.75. The number of thioether (sulfide) groups is 1. The van der Waals surface area contributed by atoms with Crippen molar-refractivity contribution in [3.05, 3.63) is 0 Å². The highest BCUT2D eigenvalue weighted by Gasteiger charge is 1.74. The number of hydrogen-bond donors (Lipinski definition) is 0. The predicted molar refractivity (Wildman–Crippen MR) is 31.3 cm³/mol. The summed E-state index contributed by atoms with van der Waals surface area (Å²) in [5.74, 6) is 0.507. The van der Waals surface area contributed by atoms with Gasteiger partial charge in [0.1, 0.15) is 7.11 Å². The molecule has 48 valence electrons. The van der Waals surface area contributed by atoms with Crippen molar-refractivity contribution in [1.29, 1.82) is 0 Å². The fraction of sp³-hybridized carbons (Fsp3) is 1.00. The van der Waals surface area contributed by atoms with Crippen LogP contribution in [0.1, 0.15) is 0 Å². The van der Waals surface area contributed by atoms with Crippen LogP contribution in [0.3, 0.4) is 0 Å². The lowest BCUT2D eigenvalue weighted by molar-refractivity contribution is 0.0876. The lowest BCUT2D eigenvalue weighted by Crippen LogP contribution is -1.76. The first kappa shape index (κ1) is 7.55. The average molecular weight is 136 g/mol. The van der Waals surface area contributed by atoms with Crippen LogP contribution in [0.2, 0.25) is 0 Å². The summed E-state index contributed by atoms with van der Waals surface area (Å²) in [5.41, 5.74) is 0. The predicted octanol–water partition coefficient (Wildman–Crippen LogP) is 1.25. The molecule has 0 aliphatic heterocycles. The molecule has 5 heteroatoms. The Morgan fingerprint density at radius 3 is 2.75 bits per heavy atom. The van der Waals surface area contributed by atoms with E-state index in [0.717, 1.165) is 0 Å². The first-order valence-corrected chi connectivity index (χ1v) is 3.35. The highest BCUT2D eigenvalue weighted by atomic mass is 32.2. The SMILES string of the molecule is CON=NOCSC. The smallest absolute Gasteiger partial charge is 0.164 e. The summed E-state index contributed by atoms with van der Waals surface area (Å²) in [6.45, 7) is 0. The van der Waals surface area contributed by atoms with Gasteiger partial charge in [-0.25, -0.2) is 0 Å². The quantitative estimate of drug-likeness (QED) is 0.253. The van der Waals surface area contributed by atoms with E-state index in [1.54, 1.807) is 0 Å². The molecule has 0 atom stereocenters. The first-order chi connectivity index (χ1) is 3.91. The van der Waals surface area contributed by atoms with Crippen molar-refractivity contribution in [3.8, 4) is 0 Å². The van der Waals surface area contributed by atoms with E-state index in [-0.39, 0.29) is 0 Å². The number of nitrogens with zero attached hydrogens (tertiary/aromatic N) is 2. The first-order valence-electron chi connectivity index (χ1n) is 1.96. The van der Waals surface area contributed by atoms with Gasteiger partial charge < -0.3 is 9.68 Å². The van der Waals surface area contributed by atoms with Gasteiger partial charge in [-0.2, -0.15) is 0 Å². The summed E-state index contributed by atoms with van der Waals surface area (Å²) in [4.78, 5) is 8.73. The van der Waals surface area contributed by atoms with E-state index in [0.29, 0.717) is 5.94 Å². The second-order valence-corrected chi connectivity index (χ2v) is 1.69. The van der Waals surface area contributed by atoms with Crippen molar-refractivity contribution < 1.29 is 9.68 Å². The molecule has 0 spiro atoms. The largest absolute Gasteiger partial charge is 0.380 e. The zero-order chi connectivity index (χ0) is 6.24. The molecule has 0 radical (unpaired) electrons. The van der Waals surface area contributed by atoms with Crippen molar-refractivity contribution >= 4 is 11.8 Å². The van der Waals surface area contributed by atoms with E-state index in [2.05, 4.69) is 20.2 Å². The molecular weight excluding hydrogens is 128 g/mol. The van der Waals surface area contributed by atoms with Crippen LogP contribution in [-0.4, -0.2) is 19.3 Å². The summed E-state index contributed by atoms with van der Waals surface area (Å²) in [6, 6.07) is 0. The topological polar surface area (TPSA) is 43.2 Å². The molecule has 0 aliphatic carbocycles. The van der Waals surface area contributed by atoms with Gasteiger partial charge in [0.15, 0.2) is 5.94 Å². The van der Waals surface area contributed by atoms with Gasteiger partial charge in [0.05, 0.1) is 10.6 Å². The number of hydrogen-bond acceptors (Lipinski definition) is 5. The summed E-state index contributed by atoms with van der Waals surface area (Å²) in [5, 5.41) is 6.26. The molecule has 0 aromatic heterocycles. The number of rotatable bonds is 4. The van der Waals surface area contributed by atoms with Gasteiger partial charge >= 0.3 is 0 Å². The average Bonchev–Trinajstić information content (AvgIpc) is 1.81. The molecule has 0 amide bonds. The second-order valence-electron chi connectivity index (χ2n) is 0.881. The molecule has 0 heterocycles. The molecule has 0 N–H and O–H groups in total. The second kappa shape index (κ2) is 6.55. The van der Waals surface area contributed by atoms with Crippen molar-refractivity contribution in [2.45, 2.75) is 0 Å². The van der Waals surface area contributed by atoms with Crippen LogP contribution in [0.15, 0.2) is 10.6 Å². The molecule has 4 nitrogen and oxygen atoms in total. The van der Waals surface area contributed by atoms with Gasteiger partial charge in [0, 0.05) is 0 Å². The van der Waals surface area contributed by atoms with Gasteiger partial charge in [-0.05, 0) is 6.26 Å². The van der Waals surface area contributed by atoms with Crippen LogP contribution in [-0.2, 0) is 9.68 Å². The van der Waals surface area contributed by atoms with E-state index in [1.807, 2.05) is 6.26 Å². The van der Waals surface area contributed by atoms with E-state index in [9.17, 15) is 0 Å². The van der Waals surface area contributed by atoms with Crippen molar-refractivity contribution in [3.63, 3.8) is 0 Å². The molecule has 0 bridgehead atoms. The summed E-state index contributed by atoms with van der Waals surface area (Å²) in [6.07, 6.45) is 1.91. The third-order valence-corrected chi connectivity index (χ3v) is 0.684. The lowest BCUT2D eigenvalue weighted by Gasteiger charge is -1.88. The lowest BCUT2D eigenvalue weighted by atomic mass is 11.7. The van der Waals surface area contributed by atoms with E-state index >= 15 is 0 Å². The van der Waals surface area contributed by atoms with Crippen molar-refractivity contribution in [2.75, 3.05) is 19.3 Å². The van der Waals surface area contributed by atoms with Gasteiger partial charge in [0.2, 0.25) is 0 Å². The van der Waals surface area contributed by atoms with Crippen LogP contribution in [0, 0.1) is 0 Å². The van der Waals surface area contributed by atoms with Gasteiger partial charge in [-0.3, -0.25) is 0 Å². The summed E-state index contributed by atoms with van der Waals surface area (Å²) in [7, 11) is 1.41. The van der Waals surface area contributed by atoms with Crippen molar-refractivity contribution in [2.24, 2.45) is 10.6 Å². The maximum atomic E-state index is 4.52. The van der Waals surface area contributed by atoms with Crippen LogP contribution in [0.4, 0.5) is 0 Å². The van der Waals surface area contributed by atoms with Gasteiger partial charge in [0.25, 0.3) is 0 Å². The van der Waals surface area contributed by atoms with Crippen molar-refractivity contribution in [1.82, 2.24) is 0 Å². The molecule has 0 aromatic rings. The molecule has 0 aromatic carbocycles. The van der Waals surface area contributed by atoms with Gasteiger partial charge in [-0.1, -0.05) is 0 Å². The standard InChI is InChI=1S/C3H8N2O2S/c1-6-4-5-7-3-8-2/h3H2,1-2H3. The molecular formula is C3H8N2O2S. The molecule has 0 unspecified atom stereocenters. The molecule has 0 aliphatic rings. The highest BCUT2D eigenvalue weighted by Crippen LogP contribution is 1.91. The minimum Gasteiger partial charge on any atom is -0.380 e. The Bertz CT molecular complexity index is 68.3. The Labute approximate surface area is 52.2 Å². The minimum absolute atomic E-state index is 0.507. The highest BCUT2D eigenvalue weighted by molar-refractivity contribution is 7.98. The fourth-order valence-corrected chi connectivity index (χ4v) is 0.286. The Morgan fingerprint density at radius 2 is 2.25 bits per heavy atom. The van der Waals surface area contributed by atoms with Crippen LogP contribution in [0.25, 0.3) is 0 Å². The van der Waals surface area contributed by atoms with Crippen LogP contribution in [0.5, 0.6) is 0 Å². The summed E-state index contributed by atoms with van der Waals surface area (Å²) >= 11 is 1.52. The molecule has 8 heavy (non-hydrogen) atoms. The van der Waals surface area contributed by atoms with E-state index in [1.165, 1.54) is 18.9 Å². The maximum Gasteiger partial charge on any atom is 0.164 e. The van der Waals surface area contributed by atoms with Crippen LogP contribution >= 0.6 is 11.8 Å². The summed E-state index contributed by atoms with van der Waals surface area (Å²) < 4.78 is 0. The Morgan fingerprint density at radius 1 is 1.50 bits per heavy atom. The maximum absolute atomic E-state index is 4.52. The fourth-order valence-electron chi connectivity index (χ4n) is 0.133. The molecule has 0 saturated heterocycles. The molecule has 0 saturated carbocycles. The third-order valence-electron chi connectivity index (χ3n) is 0.343. The zero-order valence-electron chi connectivity index (χ0n) is 4.83. The van der Waals surface area contributed by atoms with Crippen LogP contribution < -0.4 is 0 Å². The molecule has 0 fully saturated rings. The van der Waals surface area contributed by atoms with Gasteiger partial charge in [-0.15, -0.1) is 11.8 Å². The third kappa shape index (κ3) is 5.55. The molecule has 0 rings (SSSR count). The van der Waals surface area contributed by atoms with E-state index in [4.69, 9.17) is 0 Å². The Kier molecular flexibility index (Phi) is 6.18. The monoisotopic (exact) mass is 136 g/mol. The Hall–Kier alpha value is -0.450. The minimum atomic E-state index is 0.507. The van der Waals surface area contributed by atoms with E-state index < -0.39 is 0 Å². The zero-order valence-corrected chi connectivity index (χ0v) is 5.64.